The highest BCUT2D eigenvalue weighted by atomic mass is 16.7. The third kappa shape index (κ3) is 3.52. The average molecular weight is 340 g/mol. The SMILES string of the molecule is CC1(C)OB(c2cc(NC(=O)c3cccc(O)c3)ccn2)OC1(C)C. The summed E-state index contributed by atoms with van der Waals surface area (Å²) in [4.78, 5) is 16.6. The third-order valence-corrected chi connectivity index (χ3v) is 4.64. The van der Waals surface area contributed by atoms with Gasteiger partial charge >= 0.3 is 7.12 Å². The van der Waals surface area contributed by atoms with Gasteiger partial charge in [0.25, 0.3) is 5.91 Å². The van der Waals surface area contributed by atoms with Gasteiger partial charge in [0.2, 0.25) is 0 Å². The van der Waals surface area contributed by atoms with E-state index >= 15 is 0 Å². The molecule has 3 rings (SSSR count). The first-order valence-electron chi connectivity index (χ1n) is 8.10. The van der Waals surface area contributed by atoms with Crippen molar-refractivity contribution in [2.45, 2.75) is 38.9 Å². The molecule has 1 aliphatic rings. The summed E-state index contributed by atoms with van der Waals surface area (Å²) in [6.45, 7) is 7.89. The summed E-state index contributed by atoms with van der Waals surface area (Å²) in [7, 11) is -0.595. The van der Waals surface area contributed by atoms with Gasteiger partial charge in [-0.15, -0.1) is 0 Å². The van der Waals surface area contributed by atoms with Crippen molar-refractivity contribution in [3.05, 3.63) is 48.2 Å². The van der Waals surface area contributed by atoms with Crippen LogP contribution in [0.1, 0.15) is 38.1 Å². The number of hydrogen-bond donors (Lipinski definition) is 2. The van der Waals surface area contributed by atoms with Crippen LogP contribution in [0, 0.1) is 0 Å². The minimum absolute atomic E-state index is 0.0419. The van der Waals surface area contributed by atoms with Crippen LogP contribution in [0.15, 0.2) is 42.6 Å². The Bertz CT molecular complexity index is 791. The molecule has 2 heterocycles. The van der Waals surface area contributed by atoms with Gasteiger partial charge in [-0.25, -0.2) is 0 Å². The Morgan fingerprint density at radius 2 is 1.80 bits per heavy atom. The highest BCUT2D eigenvalue weighted by Crippen LogP contribution is 2.36. The van der Waals surface area contributed by atoms with Crippen LogP contribution in [0.3, 0.4) is 0 Å². The van der Waals surface area contributed by atoms with Crippen LogP contribution in [0.2, 0.25) is 0 Å². The molecule has 1 amide bonds. The second-order valence-electron chi connectivity index (χ2n) is 7.06. The van der Waals surface area contributed by atoms with E-state index in [1.807, 2.05) is 27.7 Å². The Labute approximate surface area is 147 Å². The lowest BCUT2D eigenvalue weighted by atomic mass is 9.84. The van der Waals surface area contributed by atoms with Crippen LogP contribution in [-0.2, 0) is 9.31 Å². The molecule has 0 aliphatic carbocycles. The maximum atomic E-state index is 12.3. The van der Waals surface area contributed by atoms with Crippen LogP contribution in [-0.4, -0.2) is 34.3 Å². The Kier molecular flexibility index (Phi) is 4.30. The van der Waals surface area contributed by atoms with E-state index in [-0.39, 0.29) is 11.7 Å². The zero-order valence-electron chi connectivity index (χ0n) is 14.7. The van der Waals surface area contributed by atoms with E-state index in [0.29, 0.717) is 16.8 Å². The number of rotatable bonds is 3. The van der Waals surface area contributed by atoms with E-state index in [4.69, 9.17) is 9.31 Å². The number of anilines is 1. The number of benzene rings is 1. The van der Waals surface area contributed by atoms with Crippen molar-refractivity contribution in [3.8, 4) is 5.75 Å². The van der Waals surface area contributed by atoms with Crippen molar-refractivity contribution < 1.29 is 19.2 Å². The van der Waals surface area contributed by atoms with Gasteiger partial charge in [-0.05, 0) is 58.0 Å². The number of carbonyl (C=O) groups is 1. The van der Waals surface area contributed by atoms with Gasteiger partial charge in [0.1, 0.15) is 5.75 Å². The third-order valence-electron chi connectivity index (χ3n) is 4.64. The van der Waals surface area contributed by atoms with E-state index < -0.39 is 18.3 Å². The first kappa shape index (κ1) is 17.4. The lowest BCUT2D eigenvalue weighted by Gasteiger charge is -2.32. The van der Waals surface area contributed by atoms with Gasteiger partial charge in [-0.2, -0.15) is 0 Å². The summed E-state index contributed by atoms with van der Waals surface area (Å²) in [5, 5.41) is 12.3. The summed E-state index contributed by atoms with van der Waals surface area (Å²) >= 11 is 0. The fourth-order valence-electron chi connectivity index (χ4n) is 2.47. The summed E-state index contributed by atoms with van der Waals surface area (Å²) in [6, 6.07) is 9.58. The van der Waals surface area contributed by atoms with Crippen LogP contribution < -0.4 is 10.9 Å². The Morgan fingerprint density at radius 3 is 2.44 bits per heavy atom. The summed E-state index contributed by atoms with van der Waals surface area (Å²) in [5.41, 5.74) is 0.620. The molecule has 1 aliphatic heterocycles. The predicted octanol–water partition coefficient (Wildman–Crippen LogP) is 2.34. The minimum Gasteiger partial charge on any atom is -0.508 e. The number of aromatic nitrogens is 1. The highest BCUT2D eigenvalue weighted by molar-refractivity contribution is 6.61. The highest BCUT2D eigenvalue weighted by Gasteiger charge is 2.52. The zero-order valence-corrected chi connectivity index (χ0v) is 14.7. The summed E-state index contributed by atoms with van der Waals surface area (Å²) in [6.07, 6.45) is 1.60. The smallest absolute Gasteiger partial charge is 0.508 e. The molecule has 1 fully saturated rings. The molecule has 0 spiro atoms. The Morgan fingerprint density at radius 1 is 1.12 bits per heavy atom. The number of aromatic hydroxyl groups is 1. The van der Waals surface area contributed by atoms with E-state index in [9.17, 15) is 9.90 Å². The molecule has 0 unspecified atom stereocenters. The molecule has 2 aromatic rings. The maximum absolute atomic E-state index is 12.3. The topological polar surface area (TPSA) is 80.7 Å². The Balaban J connectivity index is 1.78. The number of nitrogens with zero attached hydrogens (tertiary/aromatic N) is 1. The van der Waals surface area contributed by atoms with Crippen LogP contribution >= 0.6 is 0 Å². The van der Waals surface area contributed by atoms with Crippen molar-refractivity contribution in [2.24, 2.45) is 0 Å². The normalized spacial score (nSPS) is 18.2. The molecule has 0 atom stereocenters. The predicted molar refractivity (Wildman–Crippen MR) is 96.0 cm³/mol. The van der Waals surface area contributed by atoms with Crippen molar-refractivity contribution in [1.82, 2.24) is 4.98 Å². The fraction of sp³-hybridized carbons (Fsp3) is 0.333. The van der Waals surface area contributed by atoms with E-state index in [0.717, 1.165) is 0 Å². The van der Waals surface area contributed by atoms with Crippen molar-refractivity contribution in [2.75, 3.05) is 5.32 Å². The maximum Gasteiger partial charge on any atom is 0.514 e. The minimum atomic E-state index is -0.595. The molecule has 7 heteroatoms. The monoisotopic (exact) mass is 340 g/mol. The molecule has 1 saturated heterocycles. The number of amides is 1. The van der Waals surface area contributed by atoms with Gasteiger partial charge < -0.3 is 19.7 Å². The lowest BCUT2D eigenvalue weighted by Crippen LogP contribution is -2.41. The molecular formula is C18H21BN2O4. The van der Waals surface area contributed by atoms with Gasteiger partial charge in [-0.3, -0.25) is 9.78 Å². The molecular weight excluding hydrogens is 319 g/mol. The first-order chi connectivity index (χ1) is 11.7. The van der Waals surface area contributed by atoms with Gasteiger partial charge in [0.05, 0.1) is 16.8 Å². The molecule has 1 aromatic carbocycles. The van der Waals surface area contributed by atoms with Crippen LogP contribution in [0.25, 0.3) is 0 Å². The number of carbonyl (C=O) groups excluding carboxylic acids is 1. The molecule has 25 heavy (non-hydrogen) atoms. The number of hydrogen-bond acceptors (Lipinski definition) is 5. The molecule has 0 saturated carbocycles. The molecule has 2 N–H and O–H groups in total. The number of nitrogens with one attached hydrogen (secondary N) is 1. The lowest BCUT2D eigenvalue weighted by molar-refractivity contribution is 0.00578. The molecule has 130 valence electrons. The summed E-state index contributed by atoms with van der Waals surface area (Å²) < 4.78 is 12.0. The van der Waals surface area contributed by atoms with Crippen molar-refractivity contribution in [1.29, 1.82) is 0 Å². The molecule has 1 aromatic heterocycles. The number of phenols is 1. The van der Waals surface area contributed by atoms with E-state index in [2.05, 4.69) is 10.3 Å². The second-order valence-corrected chi connectivity index (χ2v) is 7.06. The first-order valence-corrected chi connectivity index (χ1v) is 8.10. The number of pyridine rings is 1. The Hall–Kier alpha value is -2.38. The van der Waals surface area contributed by atoms with E-state index in [1.165, 1.54) is 12.1 Å². The second kappa shape index (κ2) is 6.17. The van der Waals surface area contributed by atoms with Gasteiger partial charge in [0.15, 0.2) is 0 Å². The van der Waals surface area contributed by atoms with E-state index in [1.54, 1.807) is 30.5 Å². The molecule has 0 radical (unpaired) electrons. The molecule has 0 bridgehead atoms. The largest absolute Gasteiger partial charge is 0.514 e. The fourth-order valence-corrected chi connectivity index (χ4v) is 2.47. The van der Waals surface area contributed by atoms with Gasteiger partial charge in [-0.1, -0.05) is 6.07 Å². The van der Waals surface area contributed by atoms with Crippen molar-refractivity contribution >= 4 is 24.3 Å². The summed E-state index contributed by atoms with van der Waals surface area (Å²) in [5.74, 6) is -0.276. The molecule has 6 nitrogen and oxygen atoms in total. The van der Waals surface area contributed by atoms with Crippen LogP contribution in [0.4, 0.5) is 5.69 Å². The standard InChI is InChI=1S/C18H21BN2O4/c1-17(2)18(3,4)25-19(24-17)15-11-13(8-9-20-15)21-16(23)12-6-5-7-14(22)10-12/h5-11,22H,1-4H3,(H,20,21,23). The number of phenolic OH excluding ortho intramolecular Hbond substituents is 1. The average Bonchev–Trinajstić information content (AvgIpc) is 2.76. The van der Waals surface area contributed by atoms with Crippen molar-refractivity contribution in [3.63, 3.8) is 0 Å². The quantitative estimate of drug-likeness (QED) is 0.839. The zero-order chi connectivity index (χ0) is 18.2. The van der Waals surface area contributed by atoms with Gasteiger partial charge in [0, 0.05) is 17.4 Å². The van der Waals surface area contributed by atoms with Crippen LogP contribution in [0.5, 0.6) is 5.75 Å².